The molecule has 1 saturated carbocycles. The largest absolute Gasteiger partial charge is 0.379 e. The molecule has 5 heteroatoms. The number of anilines is 1. The Labute approximate surface area is 119 Å². The molecule has 0 amide bonds. The highest BCUT2D eigenvalue weighted by molar-refractivity contribution is 5.56. The summed E-state index contributed by atoms with van der Waals surface area (Å²) in [5.41, 5.74) is 1.03. The lowest BCUT2D eigenvalue weighted by atomic mass is 9.80. The number of rotatable bonds is 3. The summed E-state index contributed by atoms with van der Waals surface area (Å²) in [6.45, 7) is 4.68. The molecule has 1 fully saturated rings. The first-order valence-electron chi connectivity index (χ1n) is 7.29. The molecule has 1 aliphatic carbocycles. The van der Waals surface area contributed by atoms with E-state index < -0.39 is 0 Å². The molecular formula is C15H21N5. The average Bonchev–Trinajstić information content (AvgIpc) is 2.92. The molecule has 1 N–H and O–H groups in total. The van der Waals surface area contributed by atoms with Gasteiger partial charge in [-0.3, -0.25) is 0 Å². The van der Waals surface area contributed by atoms with Crippen LogP contribution in [0.1, 0.15) is 33.1 Å². The van der Waals surface area contributed by atoms with Crippen LogP contribution in [0.5, 0.6) is 0 Å². The third-order valence-electron chi connectivity index (χ3n) is 3.96. The molecule has 2 atom stereocenters. The Bertz CT molecular complexity index is 541. The van der Waals surface area contributed by atoms with Gasteiger partial charge < -0.3 is 5.32 Å². The quantitative estimate of drug-likeness (QED) is 0.932. The normalized spacial score (nSPS) is 26.4. The van der Waals surface area contributed by atoms with Gasteiger partial charge in [-0.1, -0.05) is 13.8 Å². The van der Waals surface area contributed by atoms with Gasteiger partial charge in [-0.2, -0.15) is 5.10 Å². The highest BCUT2D eigenvalue weighted by Gasteiger charge is 2.24. The van der Waals surface area contributed by atoms with Gasteiger partial charge in [0.25, 0.3) is 0 Å². The van der Waals surface area contributed by atoms with Crippen molar-refractivity contribution < 1.29 is 0 Å². The molecule has 0 aliphatic heterocycles. The van der Waals surface area contributed by atoms with E-state index in [1.165, 1.54) is 25.6 Å². The van der Waals surface area contributed by atoms with E-state index in [0.29, 0.717) is 6.04 Å². The first kappa shape index (κ1) is 13.1. The molecule has 0 radical (unpaired) electrons. The van der Waals surface area contributed by atoms with Gasteiger partial charge in [-0.05, 0) is 43.2 Å². The second kappa shape index (κ2) is 5.61. The number of pyridine rings is 1. The minimum absolute atomic E-state index is 0.514. The standard InChI is InChI=1S/C15H21N5/c1-11-6-12(2)8-13(7-11)19-14-4-3-5-17-15(14)20-10-16-9-18-20/h3-5,9-13,19H,6-8H2,1-2H3. The Hall–Kier alpha value is -1.91. The molecule has 2 unspecified atom stereocenters. The van der Waals surface area contributed by atoms with Crippen molar-refractivity contribution in [3.63, 3.8) is 0 Å². The summed E-state index contributed by atoms with van der Waals surface area (Å²) in [6.07, 6.45) is 8.77. The Morgan fingerprint density at radius 3 is 2.70 bits per heavy atom. The Kier molecular flexibility index (Phi) is 3.67. The maximum Gasteiger partial charge on any atom is 0.178 e. The SMILES string of the molecule is CC1CC(C)CC(Nc2cccnc2-n2cncn2)C1. The highest BCUT2D eigenvalue weighted by Crippen LogP contribution is 2.31. The molecule has 2 heterocycles. The minimum atomic E-state index is 0.514. The average molecular weight is 271 g/mol. The maximum absolute atomic E-state index is 4.42. The predicted molar refractivity (Wildman–Crippen MR) is 78.7 cm³/mol. The fraction of sp³-hybridized carbons (Fsp3) is 0.533. The fourth-order valence-corrected chi connectivity index (χ4v) is 3.29. The van der Waals surface area contributed by atoms with Gasteiger partial charge in [-0.25, -0.2) is 14.6 Å². The second-order valence-electron chi connectivity index (χ2n) is 5.97. The first-order valence-corrected chi connectivity index (χ1v) is 7.29. The van der Waals surface area contributed by atoms with Crippen LogP contribution in [0.4, 0.5) is 5.69 Å². The summed E-state index contributed by atoms with van der Waals surface area (Å²) in [4.78, 5) is 8.42. The van der Waals surface area contributed by atoms with Crippen LogP contribution < -0.4 is 5.32 Å². The van der Waals surface area contributed by atoms with E-state index in [1.807, 2.05) is 6.07 Å². The van der Waals surface area contributed by atoms with Gasteiger partial charge >= 0.3 is 0 Å². The van der Waals surface area contributed by atoms with Gasteiger partial charge in [0.05, 0.1) is 5.69 Å². The summed E-state index contributed by atoms with van der Waals surface area (Å²) in [5.74, 6) is 2.38. The Morgan fingerprint density at radius 1 is 1.20 bits per heavy atom. The Morgan fingerprint density at radius 2 is 2.00 bits per heavy atom. The van der Waals surface area contributed by atoms with E-state index in [0.717, 1.165) is 23.3 Å². The van der Waals surface area contributed by atoms with Crippen LogP contribution in [0.25, 0.3) is 5.82 Å². The van der Waals surface area contributed by atoms with Crippen LogP contribution in [-0.4, -0.2) is 25.8 Å². The smallest absolute Gasteiger partial charge is 0.178 e. The van der Waals surface area contributed by atoms with Crippen molar-refractivity contribution in [1.82, 2.24) is 19.7 Å². The molecular weight excluding hydrogens is 250 g/mol. The predicted octanol–water partition coefficient (Wildman–Crippen LogP) is 2.90. The van der Waals surface area contributed by atoms with Crippen molar-refractivity contribution in [1.29, 1.82) is 0 Å². The van der Waals surface area contributed by atoms with Crippen molar-refractivity contribution in [3.05, 3.63) is 31.0 Å². The number of nitrogens with one attached hydrogen (secondary N) is 1. The molecule has 0 aromatic carbocycles. The molecule has 0 bridgehead atoms. The van der Waals surface area contributed by atoms with E-state index in [-0.39, 0.29) is 0 Å². The maximum atomic E-state index is 4.42. The van der Waals surface area contributed by atoms with E-state index in [9.17, 15) is 0 Å². The van der Waals surface area contributed by atoms with Crippen LogP contribution in [0, 0.1) is 11.8 Å². The van der Waals surface area contributed by atoms with E-state index in [4.69, 9.17) is 0 Å². The number of nitrogens with zero attached hydrogens (tertiary/aromatic N) is 4. The lowest BCUT2D eigenvalue weighted by Gasteiger charge is -2.32. The van der Waals surface area contributed by atoms with Gasteiger partial charge in [0.2, 0.25) is 0 Å². The van der Waals surface area contributed by atoms with Crippen LogP contribution in [0.2, 0.25) is 0 Å². The van der Waals surface area contributed by atoms with Gasteiger partial charge in [0.1, 0.15) is 12.7 Å². The lowest BCUT2D eigenvalue weighted by molar-refractivity contribution is 0.281. The molecule has 20 heavy (non-hydrogen) atoms. The first-order chi connectivity index (χ1) is 9.72. The van der Waals surface area contributed by atoms with Crippen molar-refractivity contribution in [2.75, 3.05) is 5.32 Å². The molecule has 2 aromatic rings. The summed E-state index contributed by atoms with van der Waals surface area (Å²) in [6, 6.07) is 4.53. The van der Waals surface area contributed by atoms with Gasteiger partial charge in [0, 0.05) is 12.2 Å². The van der Waals surface area contributed by atoms with Crippen molar-refractivity contribution in [2.24, 2.45) is 11.8 Å². The lowest BCUT2D eigenvalue weighted by Crippen LogP contribution is -2.30. The zero-order valence-corrected chi connectivity index (χ0v) is 12.0. The Balaban J connectivity index is 1.81. The number of hydrogen-bond donors (Lipinski definition) is 1. The molecule has 5 nitrogen and oxygen atoms in total. The molecule has 3 rings (SSSR count). The summed E-state index contributed by atoms with van der Waals surface area (Å²) in [7, 11) is 0. The molecule has 0 spiro atoms. The van der Waals surface area contributed by atoms with E-state index in [1.54, 1.807) is 17.2 Å². The summed E-state index contributed by atoms with van der Waals surface area (Å²) in [5, 5.41) is 7.82. The van der Waals surface area contributed by atoms with Crippen molar-refractivity contribution >= 4 is 5.69 Å². The summed E-state index contributed by atoms with van der Waals surface area (Å²) >= 11 is 0. The van der Waals surface area contributed by atoms with Crippen LogP contribution in [-0.2, 0) is 0 Å². The van der Waals surface area contributed by atoms with Crippen LogP contribution in [0.15, 0.2) is 31.0 Å². The number of aromatic nitrogens is 4. The highest BCUT2D eigenvalue weighted by atomic mass is 15.3. The van der Waals surface area contributed by atoms with E-state index >= 15 is 0 Å². The third kappa shape index (κ3) is 2.81. The van der Waals surface area contributed by atoms with Gasteiger partial charge in [0.15, 0.2) is 5.82 Å². The van der Waals surface area contributed by atoms with Crippen LogP contribution >= 0.6 is 0 Å². The second-order valence-corrected chi connectivity index (χ2v) is 5.97. The molecule has 0 saturated heterocycles. The van der Waals surface area contributed by atoms with E-state index in [2.05, 4.69) is 40.3 Å². The fourth-order valence-electron chi connectivity index (χ4n) is 3.29. The summed E-state index contributed by atoms with van der Waals surface area (Å²) < 4.78 is 1.71. The topological polar surface area (TPSA) is 55.6 Å². The van der Waals surface area contributed by atoms with Gasteiger partial charge in [-0.15, -0.1) is 0 Å². The third-order valence-corrected chi connectivity index (χ3v) is 3.96. The minimum Gasteiger partial charge on any atom is -0.379 e. The molecule has 106 valence electrons. The number of hydrogen-bond acceptors (Lipinski definition) is 4. The zero-order chi connectivity index (χ0) is 13.9. The molecule has 2 aromatic heterocycles. The van der Waals surface area contributed by atoms with Crippen molar-refractivity contribution in [2.45, 2.75) is 39.2 Å². The van der Waals surface area contributed by atoms with Crippen LogP contribution in [0.3, 0.4) is 0 Å². The monoisotopic (exact) mass is 271 g/mol. The zero-order valence-electron chi connectivity index (χ0n) is 12.0. The van der Waals surface area contributed by atoms with Crippen molar-refractivity contribution in [3.8, 4) is 5.82 Å². The molecule has 1 aliphatic rings.